The second-order valence-corrected chi connectivity index (χ2v) is 2.95. The Balaban J connectivity index is 0.000000195. The number of nitrogens with two attached hydrogens (primary N) is 1. The number of aromatic nitrogens is 2. The summed E-state index contributed by atoms with van der Waals surface area (Å²) in [6, 6.07) is 7.74. The van der Waals surface area contributed by atoms with Gasteiger partial charge in [0.15, 0.2) is 5.95 Å². The molecule has 15 heavy (non-hydrogen) atoms. The molecule has 0 aliphatic carbocycles. The molecule has 5 nitrogen and oxygen atoms in total. The molecule has 0 spiro atoms. The number of H-pyrrole nitrogens is 1. The van der Waals surface area contributed by atoms with E-state index in [-0.39, 0.29) is 5.91 Å². The van der Waals surface area contributed by atoms with Gasteiger partial charge in [-0.1, -0.05) is 12.1 Å². The number of rotatable bonds is 0. The minimum atomic E-state index is 0.00463. The SMILES string of the molecule is CNC(C)=O.Nc1nc2ccccc2[nH]1. The maximum Gasteiger partial charge on any atom is 0.216 e. The van der Waals surface area contributed by atoms with Gasteiger partial charge in [0.25, 0.3) is 0 Å². The molecule has 80 valence electrons. The van der Waals surface area contributed by atoms with Crippen molar-refractivity contribution in [2.45, 2.75) is 6.92 Å². The van der Waals surface area contributed by atoms with Gasteiger partial charge in [0, 0.05) is 14.0 Å². The van der Waals surface area contributed by atoms with Crippen LogP contribution in [0.3, 0.4) is 0 Å². The van der Waals surface area contributed by atoms with E-state index in [0.29, 0.717) is 5.95 Å². The predicted molar refractivity (Wildman–Crippen MR) is 60.2 cm³/mol. The van der Waals surface area contributed by atoms with E-state index in [4.69, 9.17) is 5.73 Å². The molecule has 0 saturated heterocycles. The lowest BCUT2D eigenvalue weighted by molar-refractivity contribution is -0.118. The number of hydrogen-bond donors (Lipinski definition) is 3. The van der Waals surface area contributed by atoms with E-state index >= 15 is 0 Å². The molecule has 0 radical (unpaired) electrons. The summed E-state index contributed by atoms with van der Waals surface area (Å²) in [5, 5.41) is 2.39. The van der Waals surface area contributed by atoms with Crippen molar-refractivity contribution in [2.24, 2.45) is 0 Å². The predicted octanol–water partition coefficient (Wildman–Crippen LogP) is 0.897. The number of hydrogen-bond acceptors (Lipinski definition) is 3. The van der Waals surface area contributed by atoms with Gasteiger partial charge in [-0.2, -0.15) is 0 Å². The topological polar surface area (TPSA) is 83.8 Å². The number of carbonyl (C=O) groups excluding carboxylic acids is 1. The number of nitrogens with one attached hydrogen (secondary N) is 2. The van der Waals surface area contributed by atoms with E-state index in [0.717, 1.165) is 11.0 Å². The number of imidazole rings is 1. The number of benzene rings is 1. The first-order chi connectivity index (χ1) is 7.13. The van der Waals surface area contributed by atoms with Gasteiger partial charge >= 0.3 is 0 Å². The summed E-state index contributed by atoms with van der Waals surface area (Å²) in [4.78, 5) is 16.7. The fourth-order valence-corrected chi connectivity index (χ4v) is 0.973. The van der Waals surface area contributed by atoms with E-state index in [2.05, 4.69) is 15.3 Å². The van der Waals surface area contributed by atoms with Crippen molar-refractivity contribution in [2.75, 3.05) is 12.8 Å². The fourth-order valence-electron chi connectivity index (χ4n) is 0.973. The van der Waals surface area contributed by atoms with Crippen LogP contribution in [0.15, 0.2) is 24.3 Å². The number of fused-ring (bicyclic) bond motifs is 1. The lowest BCUT2D eigenvalue weighted by Crippen LogP contribution is -2.11. The molecule has 2 aromatic rings. The third-order valence-corrected chi connectivity index (χ3v) is 1.76. The molecule has 4 N–H and O–H groups in total. The largest absolute Gasteiger partial charge is 0.369 e. The highest BCUT2D eigenvalue weighted by molar-refractivity contribution is 5.76. The standard InChI is InChI=1S/C7H7N3.C3H7NO/c8-7-9-5-3-1-2-4-6(5)10-7;1-3(5)4-2/h1-4H,(H3,8,9,10);1-2H3,(H,4,5). The quantitative estimate of drug-likeness (QED) is 0.598. The van der Waals surface area contributed by atoms with Crippen molar-refractivity contribution in [3.8, 4) is 0 Å². The minimum absolute atomic E-state index is 0.00463. The maximum absolute atomic E-state index is 9.70. The number of amides is 1. The molecule has 0 aliphatic rings. The van der Waals surface area contributed by atoms with Gasteiger partial charge in [-0.05, 0) is 12.1 Å². The molecular formula is C10H14N4O. The molecule has 0 unspecified atom stereocenters. The monoisotopic (exact) mass is 206 g/mol. The second-order valence-electron chi connectivity index (χ2n) is 2.95. The lowest BCUT2D eigenvalue weighted by Gasteiger charge is -1.81. The zero-order valence-corrected chi connectivity index (χ0v) is 8.74. The molecule has 0 saturated carbocycles. The normalized spacial score (nSPS) is 9.20. The van der Waals surface area contributed by atoms with E-state index < -0.39 is 0 Å². The van der Waals surface area contributed by atoms with Gasteiger partial charge in [0.2, 0.25) is 5.91 Å². The summed E-state index contributed by atoms with van der Waals surface area (Å²) < 4.78 is 0. The van der Waals surface area contributed by atoms with Crippen LogP contribution >= 0.6 is 0 Å². The van der Waals surface area contributed by atoms with Gasteiger partial charge in [-0.3, -0.25) is 4.79 Å². The summed E-state index contributed by atoms with van der Waals surface area (Å²) in [6.07, 6.45) is 0. The number of para-hydroxylation sites is 2. The maximum atomic E-state index is 9.70. The Morgan fingerprint density at radius 3 is 2.60 bits per heavy atom. The van der Waals surface area contributed by atoms with Crippen molar-refractivity contribution in [1.82, 2.24) is 15.3 Å². The van der Waals surface area contributed by atoms with Crippen LogP contribution in [0.2, 0.25) is 0 Å². The molecule has 1 aromatic heterocycles. The Kier molecular flexibility index (Phi) is 3.68. The molecule has 2 rings (SSSR count). The van der Waals surface area contributed by atoms with Crippen molar-refractivity contribution in [3.63, 3.8) is 0 Å². The van der Waals surface area contributed by atoms with Crippen molar-refractivity contribution >= 4 is 22.9 Å². The number of nitrogens with zero attached hydrogens (tertiary/aromatic N) is 1. The Bertz CT molecular complexity index is 416. The van der Waals surface area contributed by atoms with Crippen LogP contribution in [0.25, 0.3) is 11.0 Å². The highest BCUT2D eigenvalue weighted by Gasteiger charge is 1.94. The lowest BCUT2D eigenvalue weighted by atomic mass is 10.3. The van der Waals surface area contributed by atoms with Crippen LogP contribution in [-0.4, -0.2) is 22.9 Å². The second kappa shape index (κ2) is 4.99. The Labute approximate surface area is 87.7 Å². The van der Waals surface area contributed by atoms with Gasteiger partial charge in [-0.15, -0.1) is 0 Å². The van der Waals surface area contributed by atoms with Gasteiger partial charge in [0.05, 0.1) is 11.0 Å². The molecule has 5 heteroatoms. The van der Waals surface area contributed by atoms with E-state index in [1.165, 1.54) is 6.92 Å². The number of anilines is 1. The fraction of sp³-hybridized carbons (Fsp3) is 0.200. The molecule has 1 aromatic carbocycles. The smallest absolute Gasteiger partial charge is 0.216 e. The summed E-state index contributed by atoms with van der Waals surface area (Å²) in [7, 11) is 1.60. The van der Waals surface area contributed by atoms with E-state index in [1.807, 2.05) is 24.3 Å². The first-order valence-corrected chi connectivity index (χ1v) is 4.52. The van der Waals surface area contributed by atoms with Gasteiger partial charge in [-0.25, -0.2) is 4.98 Å². The molecule has 0 fully saturated rings. The molecule has 0 atom stereocenters. The highest BCUT2D eigenvalue weighted by atomic mass is 16.1. The van der Waals surface area contributed by atoms with Crippen LogP contribution in [0.1, 0.15) is 6.92 Å². The van der Waals surface area contributed by atoms with Gasteiger partial charge < -0.3 is 16.0 Å². The van der Waals surface area contributed by atoms with Crippen LogP contribution < -0.4 is 11.1 Å². The summed E-state index contributed by atoms with van der Waals surface area (Å²) in [6.45, 7) is 1.47. The van der Waals surface area contributed by atoms with Crippen molar-refractivity contribution < 1.29 is 4.79 Å². The van der Waals surface area contributed by atoms with Crippen LogP contribution in [0, 0.1) is 0 Å². The number of carbonyl (C=O) groups is 1. The van der Waals surface area contributed by atoms with Crippen molar-refractivity contribution in [1.29, 1.82) is 0 Å². The molecule has 1 heterocycles. The zero-order chi connectivity index (χ0) is 11.3. The number of nitrogen functional groups attached to an aromatic ring is 1. The third-order valence-electron chi connectivity index (χ3n) is 1.76. The molecule has 0 bridgehead atoms. The summed E-state index contributed by atoms with van der Waals surface area (Å²) in [5.74, 6) is 0.478. The van der Waals surface area contributed by atoms with Crippen molar-refractivity contribution in [3.05, 3.63) is 24.3 Å². The molecular weight excluding hydrogens is 192 g/mol. The number of aromatic amines is 1. The highest BCUT2D eigenvalue weighted by Crippen LogP contribution is 2.10. The third kappa shape index (κ3) is 3.30. The average Bonchev–Trinajstić information content (AvgIpc) is 2.58. The summed E-state index contributed by atoms with van der Waals surface area (Å²) >= 11 is 0. The molecule has 0 aliphatic heterocycles. The van der Waals surface area contributed by atoms with E-state index in [1.54, 1.807) is 7.05 Å². The minimum Gasteiger partial charge on any atom is -0.369 e. The van der Waals surface area contributed by atoms with Crippen LogP contribution in [-0.2, 0) is 4.79 Å². The van der Waals surface area contributed by atoms with E-state index in [9.17, 15) is 4.79 Å². The Morgan fingerprint density at radius 2 is 2.07 bits per heavy atom. The zero-order valence-electron chi connectivity index (χ0n) is 8.74. The Morgan fingerprint density at radius 1 is 1.47 bits per heavy atom. The van der Waals surface area contributed by atoms with Crippen LogP contribution in [0.4, 0.5) is 5.95 Å². The van der Waals surface area contributed by atoms with Crippen LogP contribution in [0.5, 0.6) is 0 Å². The summed E-state index contributed by atoms with van der Waals surface area (Å²) in [5.41, 5.74) is 7.33. The first kappa shape index (κ1) is 11.0. The Hall–Kier alpha value is -2.04. The molecule has 1 amide bonds. The average molecular weight is 206 g/mol. The first-order valence-electron chi connectivity index (χ1n) is 4.52. The van der Waals surface area contributed by atoms with Gasteiger partial charge in [0.1, 0.15) is 0 Å².